The molecule has 0 unspecified atom stereocenters. The molecule has 1 fully saturated rings. The molecule has 3 aromatic rings. The van der Waals surface area contributed by atoms with Gasteiger partial charge >= 0.3 is 5.97 Å². The normalized spacial score (nSPS) is 17.9. The molecule has 4 rings (SSSR count). The van der Waals surface area contributed by atoms with Crippen molar-refractivity contribution < 1.29 is 14.3 Å². The molecule has 1 aromatic heterocycles. The van der Waals surface area contributed by atoms with Gasteiger partial charge in [-0.25, -0.2) is 9.48 Å². The van der Waals surface area contributed by atoms with Crippen molar-refractivity contribution in [1.82, 2.24) is 25.2 Å². The van der Waals surface area contributed by atoms with Gasteiger partial charge in [0.15, 0.2) is 5.69 Å². The second-order valence-corrected chi connectivity index (χ2v) is 9.19. The first kappa shape index (κ1) is 24.9. The predicted octanol–water partition coefficient (Wildman–Crippen LogP) is 3.46. The molecule has 1 aliphatic rings. The molecule has 8 nitrogen and oxygen atoms in total. The van der Waals surface area contributed by atoms with Crippen molar-refractivity contribution >= 4 is 23.5 Å². The third kappa shape index (κ3) is 6.26. The minimum absolute atomic E-state index is 0.0204. The second-order valence-electron chi connectivity index (χ2n) is 8.75. The summed E-state index contributed by atoms with van der Waals surface area (Å²) >= 11 is 6.07. The zero-order valence-corrected chi connectivity index (χ0v) is 20.7. The van der Waals surface area contributed by atoms with Crippen LogP contribution in [0.4, 0.5) is 0 Å². The van der Waals surface area contributed by atoms with E-state index in [-0.39, 0.29) is 23.7 Å². The average Bonchev–Trinajstić information content (AvgIpc) is 3.52. The Morgan fingerprint density at radius 2 is 1.91 bits per heavy atom. The smallest absolute Gasteiger partial charge is 0.360 e. The molecular formula is C26H30ClN5O3. The minimum Gasteiger partial charge on any atom is -0.464 e. The minimum atomic E-state index is -0.530. The summed E-state index contributed by atoms with van der Waals surface area (Å²) in [4.78, 5) is 27.2. The van der Waals surface area contributed by atoms with Crippen molar-refractivity contribution in [3.05, 3.63) is 82.1 Å². The van der Waals surface area contributed by atoms with Gasteiger partial charge < -0.3 is 10.1 Å². The molecule has 2 aromatic carbocycles. The number of nitrogens with zero attached hydrogens (tertiary/aromatic N) is 4. The Hall–Kier alpha value is -3.23. The van der Waals surface area contributed by atoms with Crippen LogP contribution in [0.2, 0.25) is 5.02 Å². The van der Waals surface area contributed by atoms with E-state index >= 15 is 0 Å². The van der Waals surface area contributed by atoms with Crippen LogP contribution >= 0.6 is 11.6 Å². The van der Waals surface area contributed by atoms with Gasteiger partial charge in [-0.15, -0.1) is 5.10 Å². The number of aromatic nitrogens is 3. The Morgan fingerprint density at radius 1 is 1.14 bits per heavy atom. The van der Waals surface area contributed by atoms with Crippen molar-refractivity contribution in [2.45, 2.75) is 44.8 Å². The number of carbonyl (C=O) groups excluding carboxylic acids is 2. The average molecular weight is 496 g/mol. The fourth-order valence-corrected chi connectivity index (χ4v) is 4.64. The van der Waals surface area contributed by atoms with Gasteiger partial charge in [-0.05, 0) is 48.1 Å². The fraction of sp³-hybridized carbons (Fsp3) is 0.385. The van der Waals surface area contributed by atoms with Crippen LogP contribution < -0.4 is 5.32 Å². The van der Waals surface area contributed by atoms with Gasteiger partial charge in [0, 0.05) is 24.7 Å². The first-order chi connectivity index (χ1) is 17.0. The maximum absolute atomic E-state index is 13.2. The Balaban J connectivity index is 1.46. The van der Waals surface area contributed by atoms with Crippen LogP contribution in [-0.2, 0) is 28.9 Å². The first-order valence-electron chi connectivity index (χ1n) is 11.8. The van der Waals surface area contributed by atoms with Gasteiger partial charge in [-0.1, -0.05) is 60.1 Å². The lowest BCUT2D eigenvalue weighted by molar-refractivity contribution is -0.125. The Morgan fingerprint density at radius 3 is 2.63 bits per heavy atom. The highest BCUT2D eigenvalue weighted by atomic mass is 35.5. The van der Waals surface area contributed by atoms with Crippen LogP contribution in [0.15, 0.2) is 54.7 Å². The van der Waals surface area contributed by atoms with E-state index in [1.807, 2.05) is 24.3 Å². The monoisotopic (exact) mass is 495 g/mol. The maximum Gasteiger partial charge on any atom is 0.360 e. The van der Waals surface area contributed by atoms with E-state index in [1.165, 1.54) is 12.7 Å². The van der Waals surface area contributed by atoms with Gasteiger partial charge in [0.1, 0.15) is 0 Å². The van der Waals surface area contributed by atoms with Crippen molar-refractivity contribution in [1.29, 1.82) is 0 Å². The Kier molecular flexibility index (Phi) is 8.15. The molecule has 1 aliphatic heterocycles. The molecule has 0 aliphatic carbocycles. The lowest BCUT2D eigenvalue weighted by Gasteiger charge is -2.23. The quantitative estimate of drug-likeness (QED) is 0.457. The van der Waals surface area contributed by atoms with Crippen molar-refractivity contribution in [2.24, 2.45) is 0 Å². The number of esters is 1. The Labute approximate surface area is 210 Å². The topological polar surface area (TPSA) is 89.3 Å². The summed E-state index contributed by atoms with van der Waals surface area (Å²) in [5.41, 5.74) is 3.66. The van der Waals surface area contributed by atoms with E-state index in [2.05, 4.69) is 51.7 Å². The predicted molar refractivity (Wildman–Crippen MR) is 133 cm³/mol. The number of aryl methyl sites for hydroxylation is 1. The van der Waals surface area contributed by atoms with Crippen LogP contribution in [-0.4, -0.2) is 58.0 Å². The van der Waals surface area contributed by atoms with Gasteiger partial charge in [0.2, 0.25) is 5.91 Å². The molecule has 0 radical (unpaired) electrons. The number of halogens is 1. The summed E-state index contributed by atoms with van der Waals surface area (Å²) in [6.45, 7) is 3.91. The van der Waals surface area contributed by atoms with E-state index in [9.17, 15) is 9.59 Å². The molecule has 35 heavy (non-hydrogen) atoms. The number of carbonyl (C=O) groups is 2. The van der Waals surface area contributed by atoms with Gasteiger partial charge in [-0.3, -0.25) is 9.69 Å². The van der Waals surface area contributed by atoms with Crippen molar-refractivity contribution in [2.75, 3.05) is 20.2 Å². The molecule has 184 valence electrons. The lowest BCUT2D eigenvalue weighted by Crippen LogP contribution is -2.43. The lowest BCUT2D eigenvalue weighted by atomic mass is 10.1. The van der Waals surface area contributed by atoms with Crippen LogP contribution in [0.25, 0.3) is 0 Å². The summed E-state index contributed by atoms with van der Waals surface area (Å²) in [7, 11) is 1.31. The molecule has 2 atom stereocenters. The van der Waals surface area contributed by atoms with E-state index in [0.717, 1.165) is 17.5 Å². The second kappa shape index (κ2) is 11.5. The SMILES string of the molecule is CCc1ccc(CN2C[C@H](n3cc(C(=O)OC)nn3)C[C@H]2C(=O)NCCc2cccc(Cl)c2)cc1. The largest absolute Gasteiger partial charge is 0.464 e. The molecule has 1 saturated heterocycles. The molecule has 0 spiro atoms. The standard InChI is InChI=1S/C26H30ClN5O3/c1-3-18-7-9-20(10-8-18)15-31-16-22(32-17-23(29-30-32)26(34)35-2)14-24(31)25(33)28-12-11-19-5-4-6-21(27)13-19/h4-10,13,17,22,24H,3,11-12,14-16H2,1-2H3,(H,28,33)/t22-,24+/m1/s1. The van der Waals surface area contributed by atoms with Crippen molar-refractivity contribution in [3.8, 4) is 0 Å². The van der Waals surface area contributed by atoms with Crippen molar-refractivity contribution in [3.63, 3.8) is 0 Å². The zero-order chi connectivity index (χ0) is 24.8. The molecule has 1 N–H and O–H groups in total. The molecule has 9 heteroatoms. The Bertz CT molecular complexity index is 1160. The van der Waals surface area contributed by atoms with Gasteiger partial charge in [0.05, 0.1) is 25.4 Å². The van der Waals surface area contributed by atoms with Crippen LogP contribution in [0.1, 0.15) is 46.6 Å². The van der Waals surface area contributed by atoms with Gasteiger partial charge in [0.25, 0.3) is 0 Å². The van der Waals surface area contributed by atoms with E-state index in [4.69, 9.17) is 16.3 Å². The summed E-state index contributed by atoms with van der Waals surface area (Å²) in [5.74, 6) is -0.551. The maximum atomic E-state index is 13.2. The molecule has 0 bridgehead atoms. The molecule has 0 saturated carbocycles. The fourth-order valence-electron chi connectivity index (χ4n) is 4.43. The molecule has 1 amide bonds. The summed E-state index contributed by atoms with van der Waals surface area (Å²) in [6, 6.07) is 15.7. The third-order valence-electron chi connectivity index (χ3n) is 6.38. The third-order valence-corrected chi connectivity index (χ3v) is 6.62. The van der Waals surface area contributed by atoms with E-state index in [1.54, 1.807) is 10.9 Å². The molecule has 2 heterocycles. The number of amides is 1. The number of nitrogens with one attached hydrogen (secondary N) is 1. The summed E-state index contributed by atoms with van der Waals surface area (Å²) in [5, 5.41) is 11.8. The zero-order valence-electron chi connectivity index (χ0n) is 20.0. The number of methoxy groups -OCH3 is 1. The van der Waals surface area contributed by atoms with Gasteiger partial charge in [-0.2, -0.15) is 0 Å². The van der Waals surface area contributed by atoms with Crippen LogP contribution in [0.5, 0.6) is 0 Å². The highest BCUT2D eigenvalue weighted by molar-refractivity contribution is 6.30. The van der Waals surface area contributed by atoms with E-state index in [0.29, 0.717) is 37.5 Å². The highest BCUT2D eigenvalue weighted by Gasteiger charge is 2.38. The first-order valence-corrected chi connectivity index (χ1v) is 12.2. The summed E-state index contributed by atoms with van der Waals surface area (Å²) in [6.07, 6.45) is 3.84. The number of rotatable bonds is 9. The van der Waals surface area contributed by atoms with E-state index < -0.39 is 5.97 Å². The number of benzene rings is 2. The summed E-state index contributed by atoms with van der Waals surface area (Å²) < 4.78 is 6.41. The number of hydrogen-bond acceptors (Lipinski definition) is 6. The number of hydrogen-bond donors (Lipinski definition) is 1. The van der Waals surface area contributed by atoms with Crippen LogP contribution in [0, 0.1) is 0 Å². The number of ether oxygens (including phenoxy) is 1. The molecular weight excluding hydrogens is 466 g/mol. The highest BCUT2D eigenvalue weighted by Crippen LogP contribution is 2.29. The van der Waals surface area contributed by atoms with Crippen LogP contribution in [0.3, 0.4) is 0 Å². The number of likely N-dealkylation sites (tertiary alicyclic amines) is 1.